The summed E-state index contributed by atoms with van der Waals surface area (Å²) in [4.78, 5) is 0. The normalized spacial score (nSPS) is 19.6. The molecule has 0 fully saturated rings. The molecule has 0 aromatic heterocycles. The highest BCUT2D eigenvalue weighted by Crippen LogP contribution is 2.44. The summed E-state index contributed by atoms with van der Waals surface area (Å²) in [7, 11) is 0. The van der Waals surface area contributed by atoms with E-state index < -0.39 is 5.79 Å². The summed E-state index contributed by atoms with van der Waals surface area (Å²) < 4.78 is 12.3. The van der Waals surface area contributed by atoms with Crippen molar-refractivity contribution in [1.82, 2.24) is 0 Å². The van der Waals surface area contributed by atoms with Gasteiger partial charge in [-0.05, 0) is 36.0 Å². The number of ether oxygens (including phenoxy) is 2. The molecule has 0 amide bonds. The summed E-state index contributed by atoms with van der Waals surface area (Å²) in [6.07, 6.45) is 2.80. The summed E-state index contributed by atoms with van der Waals surface area (Å²) >= 11 is 0. The summed E-state index contributed by atoms with van der Waals surface area (Å²) in [5.41, 5.74) is 2.56. The van der Waals surface area contributed by atoms with E-state index in [1.165, 1.54) is 11.1 Å². The molecule has 0 N–H and O–H groups in total. The van der Waals surface area contributed by atoms with Crippen LogP contribution in [0.1, 0.15) is 38.3 Å². The van der Waals surface area contributed by atoms with E-state index in [1.807, 2.05) is 19.1 Å². The maximum Gasteiger partial charge on any atom is 0.249 e. The summed E-state index contributed by atoms with van der Waals surface area (Å²) in [6, 6.07) is 16.7. The van der Waals surface area contributed by atoms with Crippen molar-refractivity contribution in [3.8, 4) is 11.5 Å². The van der Waals surface area contributed by atoms with Crippen molar-refractivity contribution in [2.24, 2.45) is 5.92 Å². The third kappa shape index (κ3) is 3.27. The highest BCUT2D eigenvalue weighted by Gasteiger charge is 2.37. The van der Waals surface area contributed by atoms with Crippen LogP contribution in [0.2, 0.25) is 0 Å². The van der Waals surface area contributed by atoms with Gasteiger partial charge >= 0.3 is 0 Å². The molecule has 116 valence electrons. The van der Waals surface area contributed by atoms with Gasteiger partial charge in [-0.1, -0.05) is 56.3 Å². The fourth-order valence-electron chi connectivity index (χ4n) is 2.95. The highest BCUT2D eigenvalue weighted by molar-refractivity contribution is 5.49. The lowest BCUT2D eigenvalue weighted by Gasteiger charge is -2.23. The largest absolute Gasteiger partial charge is 0.449 e. The molecule has 0 saturated heterocycles. The topological polar surface area (TPSA) is 18.5 Å². The SMILES string of the molecule is CC(C)Cc1cccc2c1OC(C)(CCc1ccccc1)O2. The molecule has 0 aliphatic carbocycles. The predicted octanol–water partition coefficient (Wildman–Crippen LogP) is 5.01. The number of rotatable bonds is 5. The lowest BCUT2D eigenvalue weighted by molar-refractivity contribution is -0.0680. The Kier molecular flexibility index (Phi) is 4.10. The van der Waals surface area contributed by atoms with Crippen molar-refractivity contribution in [2.45, 2.75) is 45.8 Å². The van der Waals surface area contributed by atoms with E-state index in [0.717, 1.165) is 30.8 Å². The van der Waals surface area contributed by atoms with Crippen LogP contribution in [0.15, 0.2) is 48.5 Å². The molecule has 0 spiro atoms. The Labute approximate surface area is 133 Å². The van der Waals surface area contributed by atoms with Gasteiger partial charge in [0, 0.05) is 13.3 Å². The molecular weight excluding hydrogens is 272 g/mol. The maximum atomic E-state index is 6.23. The van der Waals surface area contributed by atoms with E-state index in [4.69, 9.17) is 9.47 Å². The van der Waals surface area contributed by atoms with Gasteiger partial charge in [-0.25, -0.2) is 0 Å². The Morgan fingerprint density at radius 1 is 0.955 bits per heavy atom. The minimum absolute atomic E-state index is 0.564. The first-order chi connectivity index (χ1) is 10.6. The van der Waals surface area contributed by atoms with Crippen molar-refractivity contribution < 1.29 is 9.47 Å². The number of aryl methyl sites for hydroxylation is 1. The van der Waals surface area contributed by atoms with Crippen LogP contribution in [0.3, 0.4) is 0 Å². The van der Waals surface area contributed by atoms with Crippen LogP contribution in [0.4, 0.5) is 0 Å². The Morgan fingerprint density at radius 2 is 1.73 bits per heavy atom. The monoisotopic (exact) mass is 296 g/mol. The summed E-state index contributed by atoms with van der Waals surface area (Å²) in [5.74, 6) is 1.86. The molecule has 2 heteroatoms. The fraction of sp³-hybridized carbons (Fsp3) is 0.400. The molecule has 1 aliphatic rings. The Morgan fingerprint density at radius 3 is 2.45 bits per heavy atom. The first-order valence-corrected chi connectivity index (χ1v) is 8.09. The van der Waals surface area contributed by atoms with Gasteiger partial charge in [-0.3, -0.25) is 0 Å². The van der Waals surface area contributed by atoms with Gasteiger partial charge < -0.3 is 9.47 Å². The minimum Gasteiger partial charge on any atom is -0.449 e. The van der Waals surface area contributed by atoms with Crippen LogP contribution >= 0.6 is 0 Å². The third-order valence-corrected chi connectivity index (χ3v) is 4.04. The molecule has 3 rings (SSSR count). The van der Waals surface area contributed by atoms with E-state index in [9.17, 15) is 0 Å². The molecule has 1 unspecified atom stereocenters. The van der Waals surface area contributed by atoms with E-state index in [2.05, 4.69) is 50.2 Å². The maximum absolute atomic E-state index is 6.23. The Balaban J connectivity index is 1.72. The van der Waals surface area contributed by atoms with Crippen molar-refractivity contribution in [3.05, 3.63) is 59.7 Å². The molecule has 2 aromatic rings. The van der Waals surface area contributed by atoms with Gasteiger partial charge in [-0.15, -0.1) is 0 Å². The highest BCUT2D eigenvalue weighted by atomic mass is 16.7. The second kappa shape index (κ2) is 6.04. The quantitative estimate of drug-likeness (QED) is 0.772. The molecule has 0 saturated carbocycles. The summed E-state index contributed by atoms with van der Waals surface area (Å²) in [6.45, 7) is 6.49. The molecule has 1 atom stereocenters. The standard InChI is InChI=1S/C20H24O2/c1-15(2)14-17-10-7-11-18-19(17)22-20(3,21-18)13-12-16-8-5-4-6-9-16/h4-11,15H,12-14H2,1-3H3. The molecule has 22 heavy (non-hydrogen) atoms. The zero-order valence-corrected chi connectivity index (χ0v) is 13.6. The van der Waals surface area contributed by atoms with Gasteiger partial charge in [0.25, 0.3) is 0 Å². The predicted molar refractivity (Wildman–Crippen MR) is 89.4 cm³/mol. The average molecular weight is 296 g/mol. The summed E-state index contributed by atoms with van der Waals surface area (Å²) in [5, 5.41) is 0. The van der Waals surface area contributed by atoms with E-state index in [0.29, 0.717) is 5.92 Å². The molecule has 1 heterocycles. The van der Waals surface area contributed by atoms with Gasteiger partial charge in [0.15, 0.2) is 11.5 Å². The van der Waals surface area contributed by atoms with E-state index in [1.54, 1.807) is 0 Å². The molecule has 1 aliphatic heterocycles. The van der Waals surface area contributed by atoms with Crippen LogP contribution in [-0.4, -0.2) is 5.79 Å². The van der Waals surface area contributed by atoms with Gasteiger partial charge in [0.1, 0.15) is 0 Å². The minimum atomic E-state index is -0.564. The fourth-order valence-corrected chi connectivity index (χ4v) is 2.95. The van der Waals surface area contributed by atoms with Crippen molar-refractivity contribution in [3.63, 3.8) is 0 Å². The smallest absolute Gasteiger partial charge is 0.249 e. The van der Waals surface area contributed by atoms with E-state index in [-0.39, 0.29) is 0 Å². The molecule has 2 aromatic carbocycles. The molecule has 0 bridgehead atoms. The van der Waals surface area contributed by atoms with Crippen molar-refractivity contribution in [2.75, 3.05) is 0 Å². The average Bonchev–Trinajstić information content (AvgIpc) is 2.84. The van der Waals surface area contributed by atoms with Crippen LogP contribution in [0.5, 0.6) is 11.5 Å². The second-order valence-corrected chi connectivity index (χ2v) is 6.67. The first kappa shape index (κ1) is 15.0. The van der Waals surface area contributed by atoms with Crippen LogP contribution < -0.4 is 9.47 Å². The van der Waals surface area contributed by atoms with Crippen LogP contribution in [0, 0.1) is 5.92 Å². The van der Waals surface area contributed by atoms with Crippen molar-refractivity contribution in [1.29, 1.82) is 0 Å². The second-order valence-electron chi connectivity index (χ2n) is 6.67. The van der Waals surface area contributed by atoms with Gasteiger partial charge in [0.05, 0.1) is 0 Å². The third-order valence-electron chi connectivity index (χ3n) is 4.04. The molecule has 2 nitrogen and oxygen atoms in total. The lowest BCUT2D eigenvalue weighted by atomic mass is 10.0. The van der Waals surface area contributed by atoms with E-state index >= 15 is 0 Å². The Bertz CT molecular complexity index is 633. The van der Waals surface area contributed by atoms with Crippen LogP contribution in [-0.2, 0) is 12.8 Å². The number of fused-ring (bicyclic) bond motifs is 1. The number of hydrogen-bond donors (Lipinski definition) is 0. The van der Waals surface area contributed by atoms with Gasteiger partial charge in [0.2, 0.25) is 5.79 Å². The number of benzene rings is 2. The number of hydrogen-bond acceptors (Lipinski definition) is 2. The lowest BCUT2D eigenvalue weighted by Crippen LogP contribution is -2.35. The zero-order valence-electron chi connectivity index (χ0n) is 13.6. The molecular formula is C20H24O2. The van der Waals surface area contributed by atoms with Crippen LogP contribution in [0.25, 0.3) is 0 Å². The number of para-hydroxylation sites is 1. The van der Waals surface area contributed by atoms with Crippen molar-refractivity contribution >= 4 is 0 Å². The van der Waals surface area contributed by atoms with Gasteiger partial charge in [-0.2, -0.15) is 0 Å². The first-order valence-electron chi connectivity index (χ1n) is 8.09. The Hall–Kier alpha value is -1.96. The zero-order chi connectivity index (χ0) is 15.6. The molecule has 0 radical (unpaired) electrons.